The first-order chi connectivity index (χ1) is 16.7. The molecule has 0 saturated carbocycles. The summed E-state index contributed by atoms with van der Waals surface area (Å²) in [5.41, 5.74) is 4.87. The number of hydrogen-bond acceptors (Lipinski definition) is 6. The van der Waals surface area contributed by atoms with E-state index in [2.05, 4.69) is 42.7 Å². The number of benzene rings is 1. The molecule has 0 atom stereocenters. The van der Waals surface area contributed by atoms with E-state index >= 15 is 0 Å². The van der Waals surface area contributed by atoms with Gasteiger partial charge in [0.25, 0.3) is 0 Å². The minimum absolute atomic E-state index is 0.495. The zero-order valence-corrected chi connectivity index (χ0v) is 19.1. The lowest BCUT2D eigenvalue weighted by molar-refractivity contribution is -0.106. The van der Waals surface area contributed by atoms with Crippen LogP contribution in [-0.2, 0) is 11.3 Å². The first kappa shape index (κ1) is 21.8. The number of aromatic amines is 1. The average Bonchev–Trinajstić information content (AvgIpc) is 3.22. The summed E-state index contributed by atoms with van der Waals surface area (Å²) in [7, 11) is 0. The van der Waals surface area contributed by atoms with Crippen LogP contribution in [0.1, 0.15) is 11.3 Å². The standard InChI is InChI=1S/C26H27N7O/c1-20-22(18-31-13-15-32(16-14-31)23-9-5-6-10-28-23)26(25(30-20)21-7-3-2-4-8-21)33(19-34)24-17-27-11-12-29-24/h2-12,17,19,30H,13-16,18H2,1H3. The largest absolute Gasteiger partial charge is 0.357 e. The number of H-pyrrole nitrogens is 1. The van der Waals surface area contributed by atoms with E-state index in [4.69, 9.17) is 0 Å². The lowest BCUT2D eigenvalue weighted by atomic mass is 10.1. The first-order valence-electron chi connectivity index (χ1n) is 11.4. The third kappa shape index (κ3) is 4.40. The molecule has 1 saturated heterocycles. The van der Waals surface area contributed by atoms with Gasteiger partial charge in [-0.2, -0.15) is 0 Å². The average molecular weight is 454 g/mol. The van der Waals surface area contributed by atoms with E-state index in [9.17, 15) is 4.79 Å². The summed E-state index contributed by atoms with van der Waals surface area (Å²) in [6.45, 7) is 6.42. The molecule has 0 unspecified atom stereocenters. The van der Waals surface area contributed by atoms with Gasteiger partial charge in [-0.15, -0.1) is 0 Å². The number of amides is 1. The van der Waals surface area contributed by atoms with Crippen LogP contribution in [0.15, 0.2) is 73.3 Å². The Hall–Kier alpha value is -4.04. The summed E-state index contributed by atoms with van der Waals surface area (Å²) in [5.74, 6) is 1.51. The highest BCUT2D eigenvalue weighted by atomic mass is 16.1. The maximum absolute atomic E-state index is 12.4. The quantitative estimate of drug-likeness (QED) is 0.429. The minimum Gasteiger partial charge on any atom is -0.357 e. The van der Waals surface area contributed by atoms with E-state index in [1.807, 2.05) is 48.7 Å². The van der Waals surface area contributed by atoms with E-state index in [0.29, 0.717) is 5.82 Å². The van der Waals surface area contributed by atoms with Crippen molar-refractivity contribution in [1.82, 2.24) is 24.8 Å². The third-order valence-corrected chi connectivity index (χ3v) is 6.22. The molecule has 8 heteroatoms. The van der Waals surface area contributed by atoms with Crippen molar-refractivity contribution >= 4 is 23.7 Å². The number of aryl methyl sites for hydroxylation is 1. The van der Waals surface area contributed by atoms with Crippen molar-refractivity contribution in [3.8, 4) is 11.3 Å². The molecule has 0 radical (unpaired) electrons. The van der Waals surface area contributed by atoms with Crippen LogP contribution in [0.3, 0.4) is 0 Å². The Bertz CT molecular complexity index is 1220. The minimum atomic E-state index is 0.495. The number of anilines is 3. The van der Waals surface area contributed by atoms with Crippen LogP contribution >= 0.6 is 0 Å². The molecule has 5 rings (SSSR count). The Morgan fingerprint density at radius 1 is 0.971 bits per heavy atom. The van der Waals surface area contributed by atoms with Crippen LogP contribution in [0.2, 0.25) is 0 Å². The van der Waals surface area contributed by atoms with Gasteiger partial charge >= 0.3 is 0 Å². The number of carbonyl (C=O) groups excluding carboxylic acids is 1. The second-order valence-corrected chi connectivity index (χ2v) is 8.31. The van der Waals surface area contributed by atoms with Gasteiger partial charge in [0.15, 0.2) is 5.82 Å². The number of piperazine rings is 1. The molecule has 1 N–H and O–H groups in total. The van der Waals surface area contributed by atoms with Crippen molar-refractivity contribution in [3.63, 3.8) is 0 Å². The lowest BCUT2D eigenvalue weighted by Gasteiger charge is -2.35. The number of carbonyl (C=O) groups is 1. The molecule has 8 nitrogen and oxygen atoms in total. The Morgan fingerprint density at radius 2 is 1.76 bits per heavy atom. The molecular weight excluding hydrogens is 426 g/mol. The summed E-state index contributed by atoms with van der Waals surface area (Å²) >= 11 is 0. The Morgan fingerprint density at radius 3 is 2.44 bits per heavy atom. The lowest BCUT2D eigenvalue weighted by Crippen LogP contribution is -2.46. The van der Waals surface area contributed by atoms with Crippen LogP contribution in [0.5, 0.6) is 0 Å². The van der Waals surface area contributed by atoms with Gasteiger partial charge in [-0.05, 0) is 19.1 Å². The molecule has 1 amide bonds. The number of rotatable bonds is 7. The topological polar surface area (TPSA) is 81.2 Å². The summed E-state index contributed by atoms with van der Waals surface area (Å²) < 4.78 is 0. The number of nitrogens with one attached hydrogen (secondary N) is 1. The smallest absolute Gasteiger partial charge is 0.220 e. The maximum atomic E-state index is 12.4. The van der Waals surface area contributed by atoms with Crippen molar-refractivity contribution in [2.75, 3.05) is 36.0 Å². The summed E-state index contributed by atoms with van der Waals surface area (Å²) in [6.07, 6.45) is 7.48. The van der Waals surface area contributed by atoms with E-state index in [0.717, 1.165) is 73.2 Å². The van der Waals surface area contributed by atoms with Gasteiger partial charge in [-0.1, -0.05) is 36.4 Å². The molecule has 0 aliphatic carbocycles. The van der Waals surface area contributed by atoms with E-state index in [1.54, 1.807) is 23.5 Å². The Balaban J connectivity index is 1.46. The molecule has 0 spiro atoms. The van der Waals surface area contributed by atoms with Crippen molar-refractivity contribution in [2.45, 2.75) is 13.5 Å². The van der Waals surface area contributed by atoms with Crippen LogP contribution in [0, 0.1) is 6.92 Å². The zero-order valence-electron chi connectivity index (χ0n) is 19.1. The number of nitrogens with zero attached hydrogens (tertiary/aromatic N) is 6. The molecule has 1 aliphatic rings. The molecule has 0 bridgehead atoms. The zero-order chi connectivity index (χ0) is 23.3. The maximum Gasteiger partial charge on any atom is 0.220 e. The highest BCUT2D eigenvalue weighted by molar-refractivity contribution is 5.94. The molecule has 4 aromatic rings. The second-order valence-electron chi connectivity index (χ2n) is 8.31. The summed E-state index contributed by atoms with van der Waals surface area (Å²) in [4.78, 5) is 35.3. The van der Waals surface area contributed by atoms with Crippen molar-refractivity contribution in [1.29, 1.82) is 0 Å². The Labute approximate surface area is 198 Å². The number of pyridine rings is 1. The molecule has 1 aromatic carbocycles. The SMILES string of the molecule is Cc1[nH]c(-c2ccccc2)c(N(C=O)c2cnccn2)c1CN1CCN(c2ccccn2)CC1. The normalized spacial score (nSPS) is 14.2. The van der Waals surface area contributed by atoms with Crippen molar-refractivity contribution in [2.24, 2.45) is 0 Å². The van der Waals surface area contributed by atoms with Gasteiger partial charge in [0.05, 0.1) is 17.6 Å². The third-order valence-electron chi connectivity index (χ3n) is 6.22. The fraction of sp³-hybridized carbons (Fsp3) is 0.231. The molecule has 3 aromatic heterocycles. The fourth-order valence-corrected chi connectivity index (χ4v) is 4.46. The van der Waals surface area contributed by atoms with Crippen molar-refractivity contribution < 1.29 is 4.79 Å². The summed E-state index contributed by atoms with van der Waals surface area (Å²) in [6, 6.07) is 16.1. The molecule has 1 aliphatic heterocycles. The number of hydrogen-bond donors (Lipinski definition) is 1. The Kier molecular flexibility index (Phi) is 6.31. The van der Waals surface area contributed by atoms with Crippen LogP contribution < -0.4 is 9.80 Å². The van der Waals surface area contributed by atoms with Crippen LogP contribution in [0.25, 0.3) is 11.3 Å². The van der Waals surface area contributed by atoms with Gasteiger partial charge in [-0.25, -0.2) is 9.97 Å². The van der Waals surface area contributed by atoms with Crippen molar-refractivity contribution in [3.05, 3.63) is 84.6 Å². The molecule has 172 valence electrons. The predicted octanol–water partition coefficient (Wildman–Crippen LogP) is 3.79. The van der Waals surface area contributed by atoms with Crippen LogP contribution in [-0.4, -0.2) is 57.4 Å². The van der Waals surface area contributed by atoms with E-state index in [1.165, 1.54) is 0 Å². The van der Waals surface area contributed by atoms with Gasteiger partial charge in [0, 0.05) is 68.1 Å². The van der Waals surface area contributed by atoms with Gasteiger partial charge in [-0.3, -0.25) is 19.6 Å². The van der Waals surface area contributed by atoms with Crippen LogP contribution in [0.4, 0.5) is 17.3 Å². The van der Waals surface area contributed by atoms with Gasteiger partial charge < -0.3 is 9.88 Å². The van der Waals surface area contributed by atoms with E-state index < -0.39 is 0 Å². The second kappa shape index (κ2) is 9.84. The molecule has 34 heavy (non-hydrogen) atoms. The highest BCUT2D eigenvalue weighted by Gasteiger charge is 2.26. The van der Waals surface area contributed by atoms with Gasteiger partial charge in [0.1, 0.15) is 5.82 Å². The highest BCUT2D eigenvalue weighted by Crippen LogP contribution is 2.39. The first-order valence-corrected chi connectivity index (χ1v) is 11.4. The monoisotopic (exact) mass is 453 g/mol. The van der Waals surface area contributed by atoms with E-state index in [-0.39, 0.29) is 0 Å². The predicted molar refractivity (Wildman–Crippen MR) is 133 cm³/mol. The number of aromatic nitrogens is 4. The van der Waals surface area contributed by atoms with Gasteiger partial charge in [0.2, 0.25) is 6.41 Å². The molecule has 4 heterocycles. The fourth-order valence-electron chi connectivity index (χ4n) is 4.46. The molecule has 1 fully saturated rings. The molecular formula is C26H27N7O. The summed E-state index contributed by atoms with van der Waals surface area (Å²) in [5, 5.41) is 0.